The molecular formula is C15H32N4. The molecule has 2 aliphatic rings. The molecule has 2 heterocycles. The standard InChI is InChI=1S/C15H32N4/c1-13-9-16-14(2)5-6-19(10-13)12-15-11-17(3)7-8-18(15)4/h13-16H,5-12H2,1-4H3. The minimum Gasteiger partial charge on any atom is -0.314 e. The van der Waals surface area contributed by atoms with Crippen LogP contribution in [0.4, 0.5) is 0 Å². The molecule has 2 aliphatic heterocycles. The number of likely N-dealkylation sites (N-methyl/N-ethyl adjacent to an activating group) is 2. The van der Waals surface area contributed by atoms with Gasteiger partial charge in [-0.2, -0.15) is 0 Å². The van der Waals surface area contributed by atoms with Gasteiger partial charge in [0.05, 0.1) is 0 Å². The smallest absolute Gasteiger partial charge is 0.0347 e. The van der Waals surface area contributed by atoms with Crippen molar-refractivity contribution < 1.29 is 0 Å². The molecule has 0 aromatic carbocycles. The second-order valence-electron chi connectivity index (χ2n) is 6.86. The van der Waals surface area contributed by atoms with Crippen LogP contribution in [0.2, 0.25) is 0 Å². The van der Waals surface area contributed by atoms with Gasteiger partial charge < -0.3 is 15.1 Å². The number of rotatable bonds is 2. The maximum absolute atomic E-state index is 3.63. The Morgan fingerprint density at radius 1 is 1.05 bits per heavy atom. The third-order valence-electron chi connectivity index (χ3n) is 4.71. The molecule has 0 amide bonds. The van der Waals surface area contributed by atoms with E-state index in [1.165, 1.54) is 45.7 Å². The van der Waals surface area contributed by atoms with Crippen molar-refractivity contribution in [2.45, 2.75) is 32.4 Å². The van der Waals surface area contributed by atoms with Crippen LogP contribution in [0.5, 0.6) is 0 Å². The van der Waals surface area contributed by atoms with Crippen LogP contribution >= 0.6 is 0 Å². The fourth-order valence-corrected chi connectivity index (χ4v) is 3.24. The molecule has 1 N–H and O–H groups in total. The molecule has 2 rings (SSSR count). The van der Waals surface area contributed by atoms with E-state index >= 15 is 0 Å². The minimum absolute atomic E-state index is 0.664. The Hall–Kier alpha value is -0.160. The third-order valence-corrected chi connectivity index (χ3v) is 4.71. The van der Waals surface area contributed by atoms with Gasteiger partial charge in [0.25, 0.3) is 0 Å². The van der Waals surface area contributed by atoms with E-state index < -0.39 is 0 Å². The number of hydrogen-bond acceptors (Lipinski definition) is 4. The Morgan fingerprint density at radius 2 is 1.84 bits per heavy atom. The highest BCUT2D eigenvalue weighted by Gasteiger charge is 2.25. The van der Waals surface area contributed by atoms with Crippen molar-refractivity contribution in [2.24, 2.45) is 5.92 Å². The fourth-order valence-electron chi connectivity index (χ4n) is 3.24. The van der Waals surface area contributed by atoms with Crippen molar-refractivity contribution in [3.8, 4) is 0 Å². The molecule has 0 saturated carbocycles. The highest BCUT2D eigenvalue weighted by Crippen LogP contribution is 2.12. The van der Waals surface area contributed by atoms with Crippen LogP contribution in [0.1, 0.15) is 20.3 Å². The predicted octanol–water partition coefficient (Wildman–Crippen LogP) is 0.552. The van der Waals surface area contributed by atoms with Gasteiger partial charge in [0.1, 0.15) is 0 Å². The number of nitrogens with one attached hydrogen (secondary N) is 1. The van der Waals surface area contributed by atoms with Crippen molar-refractivity contribution in [1.29, 1.82) is 0 Å². The average Bonchev–Trinajstić information content (AvgIpc) is 2.36. The zero-order valence-corrected chi connectivity index (χ0v) is 13.2. The maximum atomic E-state index is 3.63. The Labute approximate surface area is 119 Å². The van der Waals surface area contributed by atoms with Crippen LogP contribution in [0.3, 0.4) is 0 Å². The molecule has 2 fully saturated rings. The van der Waals surface area contributed by atoms with Gasteiger partial charge in [0, 0.05) is 44.8 Å². The lowest BCUT2D eigenvalue weighted by Gasteiger charge is -2.41. The Balaban J connectivity index is 1.88. The molecular weight excluding hydrogens is 236 g/mol. The van der Waals surface area contributed by atoms with E-state index in [1.54, 1.807) is 0 Å². The van der Waals surface area contributed by atoms with Crippen molar-refractivity contribution in [3.05, 3.63) is 0 Å². The van der Waals surface area contributed by atoms with Crippen molar-refractivity contribution >= 4 is 0 Å². The highest BCUT2D eigenvalue weighted by atomic mass is 15.3. The summed E-state index contributed by atoms with van der Waals surface area (Å²) in [5, 5.41) is 3.63. The summed E-state index contributed by atoms with van der Waals surface area (Å²) in [6, 6.07) is 1.37. The summed E-state index contributed by atoms with van der Waals surface area (Å²) in [5.41, 5.74) is 0. The maximum Gasteiger partial charge on any atom is 0.0347 e. The summed E-state index contributed by atoms with van der Waals surface area (Å²) < 4.78 is 0. The summed E-state index contributed by atoms with van der Waals surface area (Å²) in [6.07, 6.45) is 1.28. The van der Waals surface area contributed by atoms with Gasteiger partial charge in [-0.05, 0) is 46.4 Å². The number of nitrogens with zero attached hydrogens (tertiary/aromatic N) is 3. The molecule has 0 aromatic heterocycles. The predicted molar refractivity (Wildman–Crippen MR) is 81.6 cm³/mol. The zero-order valence-electron chi connectivity index (χ0n) is 13.2. The minimum atomic E-state index is 0.664. The van der Waals surface area contributed by atoms with E-state index in [9.17, 15) is 0 Å². The molecule has 19 heavy (non-hydrogen) atoms. The number of piperazine rings is 1. The van der Waals surface area contributed by atoms with E-state index in [4.69, 9.17) is 0 Å². The second-order valence-corrected chi connectivity index (χ2v) is 6.86. The molecule has 4 nitrogen and oxygen atoms in total. The highest BCUT2D eigenvalue weighted by molar-refractivity contribution is 4.83. The van der Waals surface area contributed by atoms with Gasteiger partial charge in [-0.3, -0.25) is 4.90 Å². The monoisotopic (exact) mass is 268 g/mol. The van der Waals surface area contributed by atoms with Gasteiger partial charge >= 0.3 is 0 Å². The summed E-state index contributed by atoms with van der Waals surface area (Å²) in [7, 11) is 4.54. The largest absolute Gasteiger partial charge is 0.314 e. The molecule has 0 aromatic rings. The van der Waals surface area contributed by atoms with Crippen LogP contribution in [-0.4, -0.2) is 86.7 Å². The summed E-state index contributed by atoms with van der Waals surface area (Å²) in [5.74, 6) is 0.759. The first-order valence-corrected chi connectivity index (χ1v) is 7.89. The molecule has 0 aliphatic carbocycles. The molecule has 0 radical (unpaired) electrons. The van der Waals surface area contributed by atoms with Crippen LogP contribution in [0.25, 0.3) is 0 Å². The lowest BCUT2D eigenvalue weighted by Crippen LogP contribution is -2.55. The van der Waals surface area contributed by atoms with Crippen LogP contribution < -0.4 is 5.32 Å². The molecule has 0 spiro atoms. The average molecular weight is 268 g/mol. The van der Waals surface area contributed by atoms with Gasteiger partial charge in [-0.15, -0.1) is 0 Å². The van der Waals surface area contributed by atoms with E-state index in [-0.39, 0.29) is 0 Å². The van der Waals surface area contributed by atoms with Crippen molar-refractivity contribution in [2.75, 3.05) is 59.9 Å². The number of hydrogen-bond donors (Lipinski definition) is 1. The van der Waals surface area contributed by atoms with Gasteiger partial charge in [-0.25, -0.2) is 0 Å². The molecule has 0 bridgehead atoms. The Bertz CT molecular complexity index is 271. The summed E-state index contributed by atoms with van der Waals surface area (Å²) in [4.78, 5) is 7.72. The first-order chi connectivity index (χ1) is 9.04. The van der Waals surface area contributed by atoms with Gasteiger partial charge in [0.2, 0.25) is 0 Å². The second kappa shape index (κ2) is 7.02. The van der Waals surface area contributed by atoms with Crippen molar-refractivity contribution in [3.63, 3.8) is 0 Å². The van der Waals surface area contributed by atoms with E-state index in [2.05, 4.69) is 48.0 Å². The lowest BCUT2D eigenvalue weighted by molar-refractivity contribution is 0.0736. The van der Waals surface area contributed by atoms with E-state index in [0.29, 0.717) is 12.1 Å². The molecule has 112 valence electrons. The first kappa shape index (κ1) is 15.2. The summed E-state index contributed by atoms with van der Waals surface area (Å²) in [6.45, 7) is 13.2. The van der Waals surface area contributed by atoms with Crippen LogP contribution in [0.15, 0.2) is 0 Å². The van der Waals surface area contributed by atoms with Crippen LogP contribution in [0, 0.1) is 5.92 Å². The fraction of sp³-hybridized carbons (Fsp3) is 1.00. The van der Waals surface area contributed by atoms with Gasteiger partial charge in [-0.1, -0.05) is 6.92 Å². The third kappa shape index (κ3) is 4.71. The summed E-state index contributed by atoms with van der Waals surface area (Å²) >= 11 is 0. The zero-order chi connectivity index (χ0) is 13.8. The van der Waals surface area contributed by atoms with E-state index in [1.807, 2.05) is 0 Å². The van der Waals surface area contributed by atoms with E-state index in [0.717, 1.165) is 12.5 Å². The van der Waals surface area contributed by atoms with Gasteiger partial charge in [0.15, 0.2) is 0 Å². The quantitative estimate of drug-likeness (QED) is 0.789. The SMILES string of the molecule is CC1CNC(C)CCN(CC2CN(C)CCN2C)C1. The molecule has 3 unspecified atom stereocenters. The Morgan fingerprint density at radius 3 is 2.63 bits per heavy atom. The molecule has 4 heteroatoms. The van der Waals surface area contributed by atoms with Crippen LogP contribution in [-0.2, 0) is 0 Å². The lowest BCUT2D eigenvalue weighted by atomic mass is 10.1. The molecule has 2 saturated heterocycles. The van der Waals surface area contributed by atoms with Crippen molar-refractivity contribution in [1.82, 2.24) is 20.0 Å². The molecule has 3 atom stereocenters. The topological polar surface area (TPSA) is 21.8 Å². The normalized spacial score (nSPS) is 36.9. The Kier molecular flexibility index (Phi) is 5.63. The first-order valence-electron chi connectivity index (χ1n) is 7.89.